The number of piperidine rings is 1. The average Bonchev–Trinajstić information content (AvgIpc) is 3.20. The van der Waals surface area contributed by atoms with Crippen molar-refractivity contribution in [1.82, 2.24) is 15.1 Å². The standard InChI is InChI=1S/C21H20ClN5O3/c22-15-2-1-3-16(12-15)25-21(28)19-13-24-26(20(19)14-8-10-23-11-9-14)17-4-6-18(7-5-17)27(29)30/h1-7,12-14,23H,8-11H2,(H,25,28). The van der Waals surface area contributed by atoms with E-state index in [1.165, 1.54) is 12.1 Å². The molecule has 1 aliphatic heterocycles. The zero-order valence-corrected chi connectivity index (χ0v) is 16.8. The monoisotopic (exact) mass is 425 g/mol. The Bertz CT molecular complexity index is 1070. The number of carbonyl (C=O) groups excluding carboxylic acids is 1. The van der Waals surface area contributed by atoms with E-state index in [-0.39, 0.29) is 17.5 Å². The van der Waals surface area contributed by atoms with Crippen LogP contribution < -0.4 is 10.6 Å². The summed E-state index contributed by atoms with van der Waals surface area (Å²) in [6.45, 7) is 1.71. The van der Waals surface area contributed by atoms with Crippen LogP contribution in [0.25, 0.3) is 5.69 Å². The van der Waals surface area contributed by atoms with Gasteiger partial charge >= 0.3 is 0 Å². The number of nitro benzene ring substituents is 1. The van der Waals surface area contributed by atoms with Crippen LogP contribution in [0.4, 0.5) is 11.4 Å². The topological polar surface area (TPSA) is 102 Å². The maximum absolute atomic E-state index is 13.1. The van der Waals surface area contributed by atoms with Gasteiger partial charge in [-0.1, -0.05) is 17.7 Å². The molecule has 1 amide bonds. The largest absolute Gasteiger partial charge is 0.322 e. The number of nitrogens with zero attached hydrogens (tertiary/aromatic N) is 3. The van der Waals surface area contributed by atoms with Crippen molar-refractivity contribution in [1.29, 1.82) is 0 Å². The second kappa shape index (κ2) is 8.64. The predicted molar refractivity (Wildman–Crippen MR) is 114 cm³/mol. The van der Waals surface area contributed by atoms with Gasteiger partial charge in [0.15, 0.2) is 0 Å². The van der Waals surface area contributed by atoms with Crippen LogP contribution in [0.2, 0.25) is 5.02 Å². The van der Waals surface area contributed by atoms with Crippen molar-refractivity contribution in [2.75, 3.05) is 18.4 Å². The van der Waals surface area contributed by atoms with Gasteiger partial charge < -0.3 is 10.6 Å². The molecule has 0 spiro atoms. The summed E-state index contributed by atoms with van der Waals surface area (Å²) in [5.41, 5.74) is 2.58. The molecule has 2 aromatic carbocycles. The van der Waals surface area contributed by atoms with Crippen LogP contribution in [-0.2, 0) is 0 Å². The normalized spacial score (nSPS) is 14.4. The number of nitro groups is 1. The van der Waals surface area contributed by atoms with E-state index in [0.717, 1.165) is 31.6 Å². The fraction of sp³-hybridized carbons (Fsp3) is 0.238. The number of hydrogen-bond acceptors (Lipinski definition) is 5. The van der Waals surface area contributed by atoms with Crippen molar-refractivity contribution in [2.45, 2.75) is 18.8 Å². The molecule has 1 fully saturated rings. The highest BCUT2D eigenvalue weighted by Gasteiger charge is 2.27. The summed E-state index contributed by atoms with van der Waals surface area (Å²) in [5.74, 6) is -0.122. The van der Waals surface area contributed by atoms with Gasteiger partial charge in [0.25, 0.3) is 11.6 Å². The molecule has 0 radical (unpaired) electrons. The molecule has 0 atom stereocenters. The van der Waals surface area contributed by atoms with Crippen LogP contribution in [-0.4, -0.2) is 33.7 Å². The number of non-ortho nitro benzene ring substituents is 1. The zero-order valence-electron chi connectivity index (χ0n) is 16.0. The number of carbonyl (C=O) groups is 1. The van der Waals surface area contributed by atoms with E-state index in [1.807, 2.05) is 0 Å². The lowest BCUT2D eigenvalue weighted by Crippen LogP contribution is -2.29. The summed E-state index contributed by atoms with van der Waals surface area (Å²) < 4.78 is 1.71. The molecule has 0 aliphatic carbocycles. The smallest absolute Gasteiger partial charge is 0.269 e. The number of amides is 1. The summed E-state index contributed by atoms with van der Waals surface area (Å²) in [6, 6.07) is 13.1. The second-order valence-electron chi connectivity index (χ2n) is 7.12. The third-order valence-corrected chi connectivity index (χ3v) is 5.40. The van der Waals surface area contributed by atoms with Gasteiger partial charge in [-0.3, -0.25) is 14.9 Å². The Morgan fingerprint density at radius 2 is 1.93 bits per heavy atom. The lowest BCUT2D eigenvalue weighted by molar-refractivity contribution is -0.384. The molecule has 8 nitrogen and oxygen atoms in total. The summed E-state index contributed by atoms with van der Waals surface area (Å²) >= 11 is 6.02. The van der Waals surface area contributed by atoms with Crippen LogP contribution >= 0.6 is 11.6 Å². The molecule has 154 valence electrons. The van der Waals surface area contributed by atoms with Gasteiger partial charge in [-0.25, -0.2) is 4.68 Å². The number of halogens is 1. The van der Waals surface area contributed by atoms with Gasteiger partial charge in [-0.2, -0.15) is 5.10 Å². The highest BCUT2D eigenvalue weighted by molar-refractivity contribution is 6.31. The van der Waals surface area contributed by atoms with Crippen molar-refractivity contribution in [3.05, 3.63) is 81.1 Å². The van der Waals surface area contributed by atoms with Gasteiger partial charge in [0.1, 0.15) is 0 Å². The first-order chi connectivity index (χ1) is 14.5. The third-order valence-electron chi connectivity index (χ3n) is 5.16. The molecule has 0 saturated carbocycles. The van der Waals surface area contributed by atoms with Gasteiger partial charge in [0.05, 0.1) is 28.1 Å². The fourth-order valence-electron chi connectivity index (χ4n) is 3.71. The van der Waals surface area contributed by atoms with E-state index in [9.17, 15) is 14.9 Å². The molecule has 1 aliphatic rings. The van der Waals surface area contributed by atoms with E-state index in [2.05, 4.69) is 15.7 Å². The molecule has 2 heterocycles. The molecule has 0 unspecified atom stereocenters. The van der Waals surface area contributed by atoms with Crippen LogP contribution in [0.1, 0.15) is 34.8 Å². The summed E-state index contributed by atoms with van der Waals surface area (Å²) in [4.78, 5) is 23.6. The van der Waals surface area contributed by atoms with Crippen molar-refractivity contribution in [3.8, 4) is 5.69 Å². The Balaban J connectivity index is 1.71. The Morgan fingerprint density at radius 3 is 2.60 bits per heavy atom. The summed E-state index contributed by atoms with van der Waals surface area (Å²) in [6.07, 6.45) is 3.30. The number of nitrogens with one attached hydrogen (secondary N) is 2. The first-order valence-corrected chi connectivity index (χ1v) is 10.0. The molecular weight excluding hydrogens is 406 g/mol. The van der Waals surface area contributed by atoms with Gasteiger partial charge in [0.2, 0.25) is 0 Å². The van der Waals surface area contributed by atoms with Gasteiger partial charge in [0, 0.05) is 28.8 Å². The van der Waals surface area contributed by atoms with Crippen LogP contribution in [0.5, 0.6) is 0 Å². The van der Waals surface area contributed by atoms with E-state index in [1.54, 1.807) is 47.3 Å². The van der Waals surface area contributed by atoms with E-state index < -0.39 is 4.92 Å². The number of anilines is 1. The summed E-state index contributed by atoms with van der Waals surface area (Å²) in [5, 5.41) is 22.2. The highest BCUT2D eigenvalue weighted by atomic mass is 35.5. The Hall–Kier alpha value is -3.23. The van der Waals surface area contributed by atoms with Crippen LogP contribution in [0, 0.1) is 10.1 Å². The number of hydrogen-bond donors (Lipinski definition) is 2. The first kappa shape index (κ1) is 20.1. The number of rotatable bonds is 5. The molecular formula is C21H20ClN5O3. The van der Waals surface area contributed by atoms with E-state index in [0.29, 0.717) is 22.0 Å². The van der Waals surface area contributed by atoms with Crippen LogP contribution in [0.15, 0.2) is 54.7 Å². The van der Waals surface area contributed by atoms with Crippen LogP contribution in [0.3, 0.4) is 0 Å². The third kappa shape index (κ3) is 4.19. The molecule has 4 rings (SSSR count). The molecule has 3 aromatic rings. The Morgan fingerprint density at radius 1 is 1.20 bits per heavy atom. The SMILES string of the molecule is O=C(Nc1cccc(Cl)c1)c1cnn(-c2ccc([N+](=O)[O-])cc2)c1C1CCNCC1. The quantitative estimate of drug-likeness (QED) is 0.472. The number of benzene rings is 2. The molecule has 1 saturated heterocycles. The molecule has 1 aromatic heterocycles. The first-order valence-electron chi connectivity index (χ1n) is 9.63. The average molecular weight is 426 g/mol. The molecule has 0 bridgehead atoms. The van der Waals surface area contributed by atoms with Crippen molar-refractivity contribution >= 4 is 28.9 Å². The summed E-state index contributed by atoms with van der Waals surface area (Å²) in [7, 11) is 0. The second-order valence-corrected chi connectivity index (χ2v) is 7.55. The minimum Gasteiger partial charge on any atom is -0.322 e. The Labute approximate surface area is 178 Å². The lowest BCUT2D eigenvalue weighted by Gasteiger charge is -2.24. The van der Waals surface area contributed by atoms with Gasteiger partial charge in [-0.15, -0.1) is 0 Å². The minimum atomic E-state index is -0.440. The molecule has 9 heteroatoms. The predicted octanol–water partition coefficient (Wildman–Crippen LogP) is 4.15. The fourth-order valence-corrected chi connectivity index (χ4v) is 3.90. The van der Waals surface area contributed by atoms with Crippen molar-refractivity contribution < 1.29 is 9.72 Å². The molecule has 30 heavy (non-hydrogen) atoms. The zero-order chi connectivity index (χ0) is 21.1. The highest BCUT2D eigenvalue weighted by Crippen LogP contribution is 2.31. The maximum Gasteiger partial charge on any atom is 0.269 e. The van der Waals surface area contributed by atoms with Crippen molar-refractivity contribution in [2.24, 2.45) is 0 Å². The van der Waals surface area contributed by atoms with E-state index in [4.69, 9.17) is 11.6 Å². The number of aromatic nitrogens is 2. The maximum atomic E-state index is 13.1. The molecule has 2 N–H and O–H groups in total. The lowest BCUT2D eigenvalue weighted by atomic mass is 9.91. The minimum absolute atomic E-state index is 0.00763. The van der Waals surface area contributed by atoms with E-state index >= 15 is 0 Å². The van der Waals surface area contributed by atoms with Crippen molar-refractivity contribution in [3.63, 3.8) is 0 Å². The van der Waals surface area contributed by atoms with Gasteiger partial charge in [-0.05, 0) is 56.3 Å². The Kier molecular flexibility index (Phi) is 5.78.